The van der Waals surface area contributed by atoms with Crippen LogP contribution in [0.2, 0.25) is 0 Å². The number of methoxy groups -OCH3 is 2. The molecule has 9 nitrogen and oxygen atoms in total. The fraction of sp³-hybridized carbons (Fsp3) is 0.269. The van der Waals surface area contributed by atoms with Gasteiger partial charge in [-0.3, -0.25) is 0 Å². The summed E-state index contributed by atoms with van der Waals surface area (Å²) in [7, 11) is -0.327. The average molecular weight is 542 g/mol. The minimum absolute atomic E-state index is 0.242. The maximum absolute atomic E-state index is 13.0. The molecule has 11 heteroatoms. The minimum atomic E-state index is -3.57. The van der Waals surface area contributed by atoms with Gasteiger partial charge in [-0.15, -0.1) is 11.3 Å². The summed E-state index contributed by atoms with van der Waals surface area (Å²) < 4.78 is 51.3. The van der Waals surface area contributed by atoms with Crippen LogP contribution in [0.15, 0.2) is 80.5 Å². The van der Waals surface area contributed by atoms with Crippen molar-refractivity contribution in [3.05, 3.63) is 76.8 Å². The van der Waals surface area contributed by atoms with Crippen LogP contribution < -0.4 is 14.3 Å². The summed E-state index contributed by atoms with van der Waals surface area (Å²) >= 11 is 1.48. The molecule has 2 aromatic heterocycles. The second-order valence-corrected chi connectivity index (χ2v) is 11.0. The van der Waals surface area contributed by atoms with Gasteiger partial charge in [0.1, 0.15) is 17.3 Å². The second kappa shape index (κ2) is 10.9. The van der Waals surface area contributed by atoms with Crippen molar-refractivity contribution in [2.24, 2.45) is 4.99 Å². The first-order valence-corrected chi connectivity index (χ1v) is 14.0. The van der Waals surface area contributed by atoms with E-state index in [0.29, 0.717) is 50.0 Å². The summed E-state index contributed by atoms with van der Waals surface area (Å²) in [5.74, 6) is 2.15. The van der Waals surface area contributed by atoms with Crippen molar-refractivity contribution in [3.8, 4) is 22.8 Å². The number of hydrogen-bond donors (Lipinski definition) is 0. The van der Waals surface area contributed by atoms with E-state index in [0.717, 1.165) is 21.8 Å². The fourth-order valence-corrected chi connectivity index (χ4v) is 6.42. The number of hydrogen-bond acceptors (Lipinski definition) is 8. The first-order valence-electron chi connectivity index (χ1n) is 11.7. The fourth-order valence-electron chi connectivity index (χ4n) is 4.09. The van der Waals surface area contributed by atoms with Gasteiger partial charge in [-0.2, -0.15) is 4.31 Å². The van der Waals surface area contributed by atoms with E-state index in [-0.39, 0.29) is 4.90 Å². The maximum atomic E-state index is 13.0. The van der Waals surface area contributed by atoms with Crippen LogP contribution in [-0.2, 0) is 21.3 Å². The molecule has 0 aliphatic carbocycles. The van der Waals surface area contributed by atoms with Crippen LogP contribution in [0, 0.1) is 0 Å². The highest BCUT2D eigenvalue weighted by Crippen LogP contribution is 2.34. The summed E-state index contributed by atoms with van der Waals surface area (Å²) in [5, 5.41) is 2.02. The van der Waals surface area contributed by atoms with Crippen molar-refractivity contribution < 1.29 is 27.0 Å². The Morgan fingerprint density at radius 2 is 1.81 bits per heavy atom. The predicted octanol–water partition coefficient (Wildman–Crippen LogP) is 4.13. The van der Waals surface area contributed by atoms with E-state index in [2.05, 4.69) is 0 Å². The van der Waals surface area contributed by atoms with Gasteiger partial charge >= 0.3 is 0 Å². The lowest BCUT2D eigenvalue weighted by atomic mass is 10.1. The molecule has 0 amide bonds. The standard InChI is InChI=1S/C26H27N3O6S2/c1-32-20-7-10-23(25(16-20)33-2)24-18-36-26(29(24)17-21-4-3-13-35-21)27-19-5-8-22(9-6-19)37(30,31)28-11-14-34-15-12-28/h3-10,13,16,18H,11-12,14-15,17H2,1-2H3. The number of sulfonamides is 1. The Kier molecular flexibility index (Phi) is 7.47. The highest BCUT2D eigenvalue weighted by molar-refractivity contribution is 7.89. The van der Waals surface area contributed by atoms with Crippen LogP contribution in [0.3, 0.4) is 0 Å². The molecule has 0 unspecified atom stereocenters. The van der Waals surface area contributed by atoms with Crippen molar-refractivity contribution >= 4 is 27.0 Å². The Hall–Kier alpha value is -3.38. The van der Waals surface area contributed by atoms with E-state index >= 15 is 0 Å². The zero-order valence-electron chi connectivity index (χ0n) is 20.5. The van der Waals surface area contributed by atoms with Crippen molar-refractivity contribution in [2.45, 2.75) is 11.4 Å². The molecule has 0 N–H and O–H groups in total. The van der Waals surface area contributed by atoms with Gasteiger partial charge in [0.15, 0.2) is 4.80 Å². The molecule has 37 heavy (non-hydrogen) atoms. The lowest BCUT2D eigenvalue weighted by molar-refractivity contribution is 0.0730. The van der Waals surface area contributed by atoms with E-state index < -0.39 is 10.0 Å². The molecular formula is C26H27N3O6S2. The zero-order valence-corrected chi connectivity index (χ0v) is 22.1. The van der Waals surface area contributed by atoms with Gasteiger partial charge in [-0.1, -0.05) is 0 Å². The normalized spacial score (nSPS) is 15.1. The Labute approximate surface area is 219 Å². The number of nitrogens with zero attached hydrogens (tertiary/aromatic N) is 3. The summed E-state index contributed by atoms with van der Waals surface area (Å²) in [6, 6.07) is 16.1. The van der Waals surface area contributed by atoms with Crippen LogP contribution in [-0.4, -0.2) is 57.8 Å². The lowest BCUT2D eigenvalue weighted by Gasteiger charge is -2.26. The summed E-state index contributed by atoms with van der Waals surface area (Å²) in [4.78, 5) is 5.81. The largest absolute Gasteiger partial charge is 0.497 e. The Morgan fingerprint density at radius 3 is 2.49 bits per heavy atom. The van der Waals surface area contributed by atoms with Gasteiger partial charge in [0.05, 0.1) is 56.5 Å². The summed E-state index contributed by atoms with van der Waals surface area (Å²) in [5.41, 5.74) is 2.44. The maximum Gasteiger partial charge on any atom is 0.243 e. The highest BCUT2D eigenvalue weighted by Gasteiger charge is 2.26. The molecule has 1 aliphatic rings. The molecule has 0 atom stereocenters. The van der Waals surface area contributed by atoms with Crippen molar-refractivity contribution in [3.63, 3.8) is 0 Å². The molecule has 194 valence electrons. The smallest absolute Gasteiger partial charge is 0.243 e. The highest BCUT2D eigenvalue weighted by atomic mass is 32.2. The third kappa shape index (κ3) is 5.35. The van der Waals surface area contributed by atoms with E-state index in [1.807, 2.05) is 40.3 Å². The van der Waals surface area contributed by atoms with E-state index in [9.17, 15) is 8.42 Å². The number of morpholine rings is 1. The van der Waals surface area contributed by atoms with Gasteiger partial charge < -0.3 is 23.2 Å². The molecule has 0 spiro atoms. The molecular weight excluding hydrogens is 514 g/mol. The van der Waals surface area contributed by atoms with Gasteiger partial charge in [-0.25, -0.2) is 13.4 Å². The van der Waals surface area contributed by atoms with Crippen LogP contribution in [0.25, 0.3) is 11.3 Å². The minimum Gasteiger partial charge on any atom is -0.497 e. The molecule has 0 saturated carbocycles. The number of ether oxygens (including phenoxy) is 3. The molecule has 1 fully saturated rings. The van der Waals surface area contributed by atoms with Gasteiger partial charge in [0.25, 0.3) is 0 Å². The van der Waals surface area contributed by atoms with Crippen LogP contribution in [0.5, 0.6) is 11.5 Å². The molecule has 3 heterocycles. The molecule has 2 aromatic carbocycles. The molecule has 1 aliphatic heterocycles. The zero-order chi connectivity index (χ0) is 25.8. The summed E-state index contributed by atoms with van der Waals surface area (Å²) in [6.07, 6.45) is 1.64. The quantitative estimate of drug-likeness (QED) is 0.333. The van der Waals surface area contributed by atoms with Crippen LogP contribution >= 0.6 is 11.3 Å². The van der Waals surface area contributed by atoms with Crippen molar-refractivity contribution in [1.29, 1.82) is 0 Å². The number of thiazole rings is 1. The number of rotatable bonds is 8. The van der Waals surface area contributed by atoms with E-state index in [4.69, 9.17) is 23.6 Å². The van der Waals surface area contributed by atoms with Gasteiger partial charge in [0, 0.05) is 30.1 Å². The van der Waals surface area contributed by atoms with Crippen molar-refractivity contribution in [2.75, 3.05) is 40.5 Å². The van der Waals surface area contributed by atoms with Gasteiger partial charge in [-0.05, 0) is 48.5 Å². The summed E-state index contributed by atoms with van der Waals surface area (Å²) in [6.45, 7) is 1.98. The van der Waals surface area contributed by atoms with Crippen LogP contribution in [0.4, 0.5) is 5.69 Å². The third-order valence-corrected chi connectivity index (χ3v) is 8.82. The monoisotopic (exact) mass is 541 g/mol. The molecule has 0 radical (unpaired) electrons. The molecule has 1 saturated heterocycles. The third-order valence-electron chi connectivity index (χ3n) is 6.05. The average Bonchev–Trinajstić information content (AvgIpc) is 3.59. The number of aromatic nitrogens is 1. The SMILES string of the molecule is COc1ccc(-c2csc(=Nc3ccc(S(=O)(=O)N4CCOCC4)cc3)n2Cc2ccco2)c(OC)c1. The number of benzene rings is 2. The topological polar surface area (TPSA) is 95.5 Å². The molecule has 5 rings (SSSR count). The first-order chi connectivity index (χ1) is 18.0. The Morgan fingerprint density at radius 1 is 1.03 bits per heavy atom. The second-order valence-electron chi connectivity index (χ2n) is 8.26. The van der Waals surface area contributed by atoms with E-state index in [1.54, 1.807) is 44.7 Å². The molecule has 0 bridgehead atoms. The predicted molar refractivity (Wildman–Crippen MR) is 140 cm³/mol. The van der Waals surface area contributed by atoms with Gasteiger partial charge in [0.2, 0.25) is 10.0 Å². The van der Waals surface area contributed by atoms with E-state index in [1.165, 1.54) is 15.6 Å². The number of furan rings is 1. The Bertz CT molecular complexity index is 1520. The van der Waals surface area contributed by atoms with Crippen LogP contribution in [0.1, 0.15) is 5.76 Å². The Balaban J connectivity index is 1.53. The van der Waals surface area contributed by atoms with Crippen molar-refractivity contribution in [1.82, 2.24) is 8.87 Å². The first kappa shape index (κ1) is 25.3. The lowest BCUT2D eigenvalue weighted by Crippen LogP contribution is -2.40. The molecule has 4 aromatic rings.